The molecule has 0 radical (unpaired) electrons. The molecule has 2 aromatic carbocycles. The lowest BCUT2D eigenvalue weighted by molar-refractivity contribution is 0.103. The van der Waals surface area contributed by atoms with Gasteiger partial charge in [-0.3, -0.25) is 4.79 Å². The van der Waals surface area contributed by atoms with Gasteiger partial charge in [-0.25, -0.2) is 4.98 Å². The van der Waals surface area contributed by atoms with Gasteiger partial charge in [0.05, 0.1) is 34.0 Å². The second-order valence-electron chi connectivity index (χ2n) is 5.47. The predicted octanol–water partition coefficient (Wildman–Crippen LogP) is 3.50. The number of carbonyl (C=O) groups is 1. The molecule has 0 saturated heterocycles. The Morgan fingerprint density at radius 3 is 2.08 bits per heavy atom. The number of pyridine rings is 1. The number of carbonyl (C=O) groups excluding carboxylic acids is 1. The highest BCUT2D eigenvalue weighted by Crippen LogP contribution is 2.42. The molecular formula is C20H19NO5. The van der Waals surface area contributed by atoms with Crippen LogP contribution in [-0.4, -0.2) is 39.2 Å². The number of methoxy groups -OCH3 is 4. The molecule has 0 amide bonds. The lowest BCUT2D eigenvalue weighted by Gasteiger charge is -2.14. The van der Waals surface area contributed by atoms with Gasteiger partial charge >= 0.3 is 0 Å². The minimum absolute atomic E-state index is 0.177. The normalized spacial score (nSPS) is 10.5. The highest BCUT2D eigenvalue weighted by Gasteiger charge is 2.18. The lowest BCUT2D eigenvalue weighted by atomic mass is 10.1. The molecule has 0 spiro atoms. The van der Waals surface area contributed by atoms with Gasteiger partial charge in [0.15, 0.2) is 11.5 Å². The Morgan fingerprint density at radius 1 is 0.808 bits per heavy atom. The van der Waals surface area contributed by atoms with Crippen LogP contribution in [0, 0.1) is 0 Å². The Labute approximate surface area is 151 Å². The van der Waals surface area contributed by atoms with Crippen molar-refractivity contribution in [1.29, 1.82) is 0 Å². The largest absolute Gasteiger partial charge is 0.497 e. The lowest BCUT2D eigenvalue weighted by Crippen LogP contribution is -2.05. The topological polar surface area (TPSA) is 66.9 Å². The molecule has 6 nitrogen and oxygen atoms in total. The summed E-state index contributed by atoms with van der Waals surface area (Å²) in [6, 6.07) is 12.1. The quantitative estimate of drug-likeness (QED) is 0.632. The van der Waals surface area contributed by atoms with Gasteiger partial charge in [-0.15, -0.1) is 0 Å². The number of fused-ring (bicyclic) bond motifs is 1. The maximum Gasteiger partial charge on any atom is 0.211 e. The zero-order valence-corrected chi connectivity index (χ0v) is 15.0. The molecule has 0 aliphatic rings. The van der Waals surface area contributed by atoms with Crippen LogP contribution in [0.3, 0.4) is 0 Å². The Balaban J connectivity index is 2.09. The molecule has 0 aliphatic carbocycles. The molecule has 3 aromatic rings. The molecule has 0 atom stereocenters. The monoisotopic (exact) mass is 353 g/mol. The van der Waals surface area contributed by atoms with Crippen LogP contribution >= 0.6 is 0 Å². The fourth-order valence-electron chi connectivity index (χ4n) is 2.77. The van der Waals surface area contributed by atoms with Crippen molar-refractivity contribution in [2.75, 3.05) is 28.4 Å². The van der Waals surface area contributed by atoms with Crippen molar-refractivity contribution in [2.45, 2.75) is 0 Å². The molecule has 3 rings (SSSR count). The summed E-state index contributed by atoms with van der Waals surface area (Å²) in [4.78, 5) is 17.2. The van der Waals surface area contributed by atoms with Gasteiger partial charge in [0, 0.05) is 17.0 Å². The Bertz CT molecular complexity index is 951. The van der Waals surface area contributed by atoms with E-state index in [-0.39, 0.29) is 5.78 Å². The summed E-state index contributed by atoms with van der Waals surface area (Å²) in [6.07, 6.45) is 0. The molecule has 26 heavy (non-hydrogen) atoms. The molecule has 1 aromatic heterocycles. The summed E-state index contributed by atoms with van der Waals surface area (Å²) in [5.41, 5.74) is 1.45. The third-order valence-electron chi connectivity index (χ3n) is 4.08. The highest BCUT2D eigenvalue weighted by molar-refractivity contribution is 6.09. The fraction of sp³-hybridized carbons (Fsp3) is 0.200. The minimum Gasteiger partial charge on any atom is -0.497 e. The van der Waals surface area contributed by atoms with Crippen molar-refractivity contribution in [3.63, 3.8) is 0 Å². The van der Waals surface area contributed by atoms with Crippen LogP contribution in [-0.2, 0) is 0 Å². The van der Waals surface area contributed by atoms with E-state index in [1.54, 1.807) is 63.8 Å². The number of nitrogens with zero attached hydrogens (tertiary/aromatic N) is 1. The molecule has 0 aliphatic heterocycles. The summed E-state index contributed by atoms with van der Waals surface area (Å²) in [5, 5.41) is 0.733. The summed E-state index contributed by atoms with van der Waals surface area (Å²) >= 11 is 0. The van der Waals surface area contributed by atoms with Gasteiger partial charge in [-0.1, -0.05) is 0 Å². The number of ether oxygens (including phenoxy) is 4. The van der Waals surface area contributed by atoms with E-state index in [9.17, 15) is 4.79 Å². The Kier molecular flexibility index (Phi) is 4.93. The van der Waals surface area contributed by atoms with Crippen LogP contribution in [0.4, 0.5) is 0 Å². The van der Waals surface area contributed by atoms with Crippen molar-refractivity contribution >= 4 is 16.7 Å². The molecule has 0 unspecified atom stereocenters. The molecule has 0 N–H and O–H groups in total. The van der Waals surface area contributed by atoms with Crippen LogP contribution in [0.5, 0.6) is 23.0 Å². The number of ketones is 1. The maximum absolute atomic E-state index is 12.7. The van der Waals surface area contributed by atoms with Gasteiger partial charge in [0.2, 0.25) is 11.5 Å². The van der Waals surface area contributed by atoms with E-state index in [1.165, 1.54) is 7.11 Å². The van der Waals surface area contributed by atoms with Gasteiger partial charge in [0.25, 0.3) is 0 Å². The number of hydrogen-bond donors (Lipinski definition) is 0. The van der Waals surface area contributed by atoms with Crippen molar-refractivity contribution < 1.29 is 23.7 Å². The van der Waals surface area contributed by atoms with Crippen LogP contribution < -0.4 is 18.9 Å². The van der Waals surface area contributed by atoms with E-state index in [0.717, 1.165) is 5.39 Å². The number of aromatic nitrogens is 1. The van der Waals surface area contributed by atoms with Crippen molar-refractivity contribution in [1.82, 2.24) is 4.98 Å². The van der Waals surface area contributed by atoms with Crippen LogP contribution in [0.1, 0.15) is 16.1 Å². The first kappa shape index (κ1) is 17.5. The summed E-state index contributed by atoms with van der Waals surface area (Å²) < 4.78 is 21.3. The molecule has 1 heterocycles. The third-order valence-corrected chi connectivity index (χ3v) is 4.08. The first-order valence-electron chi connectivity index (χ1n) is 7.91. The molecule has 6 heteroatoms. The average molecular weight is 353 g/mol. The van der Waals surface area contributed by atoms with Crippen molar-refractivity contribution in [3.05, 3.63) is 53.7 Å². The van der Waals surface area contributed by atoms with Crippen molar-refractivity contribution in [2.24, 2.45) is 0 Å². The third kappa shape index (κ3) is 3.01. The van der Waals surface area contributed by atoms with Crippen molar-refractivity contribution in [3.8, 4) is 23.0 Å². The van der Waals surface area contributed by atoms with Crippen LogP contribution in [0.15, 0.2) is 42.5 Å². The minimum atomic E-state index is -0.177. The molecular weight excluding hydrogens is 334 g/mol. The Morgan fingerprint density at radius 2 is 1.50 bits per heavy atom. The molecule has 134 valence electrons. The first-order valence-corrected chi connectivity index (χ1v) is 7.91. The smallest absolute Gasteiger partial charge is 0.211 e. The fourth-order valence-corrected chi connectivity index (χ4v) is 2.77. The second kappa shape index (κ2) is 7.31. The SMILES string of the molecule is COc1ccc(C(=O)c2ccc3c(OC)c(OC)c(OC)cc3n2)cc1. The molecule has 0 bridgehead atoms. The zero-order valence-electron chi connectivity index (χ0n) is 15.0. The van der Waals surface area contributed by atoms with Gasteiger partial charge < -0.3 is 18.9 Å². The van der Waals surface area contributed by atoms with E-state index < -0.39 is 0 Å². The average Bonchev–Trinajstić information content (AvgIpc) is 2.71. The zero-order chi connectivity index (χ0) is 18.7. The van der Waals surface area contributed by atoms with Crippen LogP contribution in [0.25, 0.3) is 10.9 Å². The van der Waals surface area contributed by atoms with Gasteiger partial charge in [-0.2, -0.15) is 0 Å². The van der Waals surface area contributed by atoms with Gasteiger partial charge in [-0.05, 0) is 36.4 Å². The van der Waals surface area contributed by atoms with E-state index in [4.69, 9.17) is 18.9 Å². The summed E-state index contributed by atoms with van der Waals surface area (Å²) in [6.45, 7) is 0. The number of hydrogen-bond acceptors (Lipinski definition) is 6. The van der Waals surface area contributed by atoms with E-state index >= 15 is 0 Å². The standard InChI is InChI=1S/C20H19NO5/c1-23-13-7-5-12(6-8-13)18(22)15-10-9-14-16(21-15)11-17(24-2)20(26-4)19(14)25-3/h5-11H,1-4H3. The first-order chi connectivity index (χ1) is 12.6. The molecule has 0 fully saturated rings. The van der Waals surface area contributed by atoms with E-state index in [1.807, 2.05) is 0 Å². The number of benzene rings is 2. The van der Waals surface area contributed by atoms with Gasteiger partial charge in [0.1, 0.15) is 11.4 Å². The molecule has 0 saturated carbocycles. The van der Waals surface area contributed by atoms with Crippen LogP contribution in [0.2, 0.25) is 0 Å². The summed E-state index contributed by atoms with van der Waals surface area (Å²) in [7, 11) is 6.21. The van der Waals surface area contributed by atoms with E-state index in [2.05, 4.69) is 4.98 Å². The second-order valence-corrected chi connectivity index (χ2v) is 5.47. The maximum atomic E-state index is 12.7. The highest BCUT2D eigenvalue weighted by atomic mass is 16.5. The number of rotatable bonds is 6. The summed E-state index contributed by atoms with van der Waals surface area (Å²) in [5.74, 6) is 1.99. The Hall–Kier alpha value is -3.28. The van der Waals surface area contributed by atoms with E-state index in [0.29, 0.717) is 39.8 Å². The predicted molar refractivity (Wildman–Crippen MR) is 97.8 cm³/mol.